The van der Waals surface area contributed by atoms with Crippen molar-refractivity contribution in [2.24, 2.45) is 4.99 Å². The maximum atomic E-state index is 11.5. The predicted molar refractivity (Wildman–Crippen MR) is 126 cm³/mol. The zero-order chi connectivity index (χ0) is 22.3. The molecule has 3 rings (SSSR count). The zero-order valence-corrected chi connectivity index (χ0v) is 19.3. The number of aryl methyl sites for hydroxylation is 1. The van der Waals surface area contributed by atoms with Crippen LogP contribution in [-0.2, 0) is 9.84 Å². The highest BCUT2D eigenvalue weighted by atomic mass is 32.2. The lowest BCUT2D eigenvalue weighted by atomic mass is 10.2. The van der Waals surface area contributed by atoms with Crippen LogP contribution in [-0.4, -0.2) is 59.5 Å². The number of rotatable bonds is 8. The van der Waals surface area contributed by atoms with Crippen LogP contribution in [0.15, 0.2) is 58.4 Å². The molecule has 8 heteroatoms. The highest BCUT2D eigenvalue weighted by molar-refractivity contribution is 7.90. The number of nitrogens with zero attached hydrogens (tertiary/aromatic N) is 2. The molecule has 0 amide bonds. The summed E-state index contributed by atoms with van der Waals surface area (Å²) in [6.07, 6.45) is 2.25. The molecule has 1 unspecified atom stereocenters. The van der Waals surface area contributed by atoms with Gasteiger partial charge in [0.2, 0.25) is 0 Å². The molecule has 1 atom stereocenters. The highest BCUT2D eigenvalue weighted by Gasteiger charge is 2.23. The molecule has 1 saturated heterocycles. The molecular weight excluding hydrogens is 412 g/mol. The van der Waals surface area contributed by atoms with Crippen molar-refractivity contribution in [2.75, 3.05) is 43.9 Å². The molecule has 2 aromatic rings. The lowest BCUT2D eigenvalue weighted by molar-refractivity contribution is 0.328. The second kappa shape index (κ2) is 10.5. The monoisotopic (exact) mass is 444 g/mol. The molecule has 0 spiro atoms. The smallest absolute Gasteiger partial charge is 0.191 e. The standard InChI is InChI=1S/C23H32N4O3S/c1-4-24-23(25-14-16-30-21-9-11-22(12-10-21)31(3,28)29)26-19-13-15-27(17-19)20-7-5-18(2)6-8-20/h5-12,19H,4,13-17H2,1-3H3,(H2,24,25,26). The molecule has 0 aliphatic carbocycles. The van der Waals surface area contributed by atoms with Crippen molar-refractivity contribution in [3.8, 4) is 5.75 Å². The Kier molecular flexibility index (Phi) is 7.79. The first-order valence-corrected chi connectivity index (χ1v) is 12.5. The summed E-state index contributed by atoms with van der Waals surface area (Å²) in [5.41, 5.74) is 2.53. The van der Waals surface area contributed by atoms with E-state index < -0.39 is 9.84 Å². The second-order valence-corrected chi connectivity index (χ2v) is 9.78. The first-order valence-electron chi connectivity index (χ1n) is 10.6. The lowest BCUT2D eigenvalue weighted by Crippen LogP contribution is -2.44. The Morgan fingerprint density at radius 2 is 1.87 bits per heavy atom. The van der Waals surface area contributed by atoms with E-state index in [1.54, 1.807) is 24.3 Å². The van der Waals surface area contributed by atoms with Crippen molar-refractivity contribution in [3.63, 3.8) is 0 Å². The fourth-order valence-electron chi connectivity index (χ4n) is 3.49. The molecule has 2 N–H and O–H groups in total. The molecule has 1 fully saturated rings. The van der Waals surface area contributed by atoms with Crippen molar-refractivity contribution in [1.82, 2.24) is 10.6 Å². The third-order valence-corrected chi connectivity index (χ3v) is 6.28. The average Bonchev–Trinajstić information content (AvgIpc) is 3.20. The van der Waals surface area contributed by atoms with E-state index in [9.17, 15) is 8.42 Å². The van der Waals surface area contributed by atoms with Gasteiger partial charge >= 0.3 is 0 Å². The van der Waals surface area contributed by atoms with Gasteiger partial charge in [-0.05, 0) is 56.7 Å². The van der Waals surface area contributed by atoms with Gasteiger partial charge in [-0.3, -0.25) is 0 Å². The van der Waals surface area contributed by atoms with E-state index in [0.29, 0.717) is 24.9 Å². The van der Waals surface area contributed by atoms with Gasteiger partial charge in [-0.1, -0.05) is 17.7 Å². The molecule has 2 aromatic carbocycles. The molecule has 7 nitrogen and oxygen atoms in total. The summed E-state index contributed by atoms with van der Waals surface area (Å²) >= 11 is 0. The number of anilines is 1. The van der Waals surface area contributed by atoms with Crippen molar-refractivity contribution in [2.45, 2.75) is 31.2 Å². The van der Waals surface area contributed by atoms with Crippen LogP contribution in [0.25, 0.3) is 0 Å². The number of sulfone groups is 1. The summed E-state index contributed by atoms with van der Waals surface area (Å²) < 4.78 is 28.7. The van der Waals surface area contributed by atoms with Gasteiger partial charge < -0.3 is 20.3 Å². The number of guanidine groups is 1. The third-order valence-electron chi connectivity index (χ3n) is 5.15. The highest BCUT2D eigenvalue weighted by Crippen LogP contribution is 2.20. The Bertz CT molecular complexity index is 973. The van der Waals surface area contributed by atoms with E-state index in [1.165, 1.54) is 17.5 Å². The van der Waals surface area contributed by atoms with Gasteiger partial charge in [-0.15, -0.1) is 0 Å². The maximum absolute atomic E-state index is 11.5. The van der Waals surface area contributed by atoms with E-state index in [1.807, 2.05) is 6.92 Å². The summed E-state index contributed by atoms with van der Waals surface area (Å²) in [5.74, 6) is 1.42. The Morgan fingerprint density at radius 1 is 1.16 bits per heavy atom. The molecule has 0 saturated carbocycles. The van der Waals surface area contributed by atoms with Crippen LogP contribution in [0.3, 0.4) is 0 Å². The second-order valence-electron chi connectivity index (χ2n) is 7.76. The van der Waals surface area contributed by atoms with Gasteiger partial charge in [0.15, 0.2) is 15.8 Å². The van der Waals surface area contributed by atoms with Crippen LogP contribution in [0, 0.1) is 6.92 Å². The summed E-state index contributed by atoms with van der Waals surface area (Å²) in [4.78, 5) is 7.29. The molecule has 0 radical (unpaired) electrons. The number of aliphatic imine (C=N–C) groups is 1. The van der Waals surface area contributed by atoms with E-state index in [2.05, 4.69) is 51.7 Å². The molecule has 168 valence electrons. The minimum atomic E-state index is -3.20. The predicted octanol–water partition coefficient (Wildman–Crippen LogP) is 2.61. The van der Waals surface area contributed by atoms with Crippen molar-refractivity contribution >= 4 is 21.5 Å². The Morgan fingerprint density at radius 3 is 2.52 bits per heavy atom. The lowest BCUT2D eigenvalue weighted by Gasteiger charge is -2.20. The molecule has 0 bridgehead atoms. The van der Waals surface area contributed by atoms with Gasteiger partial charge in [0.25, 0.3) is 0 Å². The third kappa shape index (κ3) is 6.89. The summed E-state index contributed by atoms with van der Waals surface area (Å²) in [7, 11) is -3.20. The molecule has 1 heterocycles. The quantitative estimate of drug-likeness (QED) is 0.370. The summed E-state index contributed by atoms with van der Waals surface area (Å²) in [6, 6.07) is 15.4. The number of benzene rings is 2. The van der Waals surface area contributed by atoms with Gasteiger partial charge in [0.1, 0.15) is 12.4 Å². The maximum Gasteiger partial charge on any atom is 0.191 e. The Balaban J connectivity index is 1.48. The Hall–Kier alpha value is -2.74. The number of nitrogens with one attached hydrogen (secondary N) is 2. The van der Waals surface area contributed by atoms with Crippen molar-refractivity contribution < 1.29 is 13.2 Å². The zero-order valence-electron chi connectivity index (χ0n) is 18.5. The normalized spacial score (nSPS) is 16.9. The SMILES string of the molecule is CCNC(=NCCOc1ccc(S(C)(=O)=O)cc1)NC1CCN(c2ccc(C)cc2)C1. The largest absolute Gasteiger partial charge is 0.492 e. The number of hydrogen-bond acceptors (Lipinski definition) is 5. The number of hydrogen-bond donors (Lipinski definition) is 2. The van der Waals surface area contributed by atoms with Crippen LogP contribution >= 0.6 is 0 Å². The van der Waals surface area contributed by atoms with E-state index in [0.717, 1.165) is 32.0 Å². The van der Waals surface area contributed by atoms with Crippen molar-refractivity contribution in [3.05, 3.63) is 54.1 Å². The molecule has 1 aliphatic heterocycles. The van der Waals surface area contributed by atoms with Crippen molar-refractivity contribution in [1.29, 1.82) is 0 Å². The van der Waals surface area contributed by atoms with Crippen LogP contribution < -0.4 is 20.3 Å². The first-order chi connectivity index (χ1) is 14.8. The van der Waals surface area contributed by atoms with Gasteiger partial charge in [0, 0.05) is 37.6 Å². The minimum Gasteiger partial charge on any atom is -0.492 e. The fourth-order valence-corrected chi connectivity index (χ4v) is 4.12. The van der Waals surface area contributed by atoms with Crippen LogP contribution in [0.2, 0.25) is 0 Å². The van der Waals surface area contributed by atoms with Gasteiger partial charge in [-0.25, -0.2) is 13.4 Å². The van der Waals surface area contributed by atoms with Crippen LogP contribution in [0.4, 0.5) is 5.69 Å². The van der Waals surface area contributed by atoms with E-state index >= 15 is 0 Å². The topological polar surface area (TPSA) is 83.0 Å². The van der Waals surface area contributed by atoms with Gasteiger partial charge in [0.05, 0.1) is 11.4 Å². The molecule has 0 aromatic heterocycles. The molecule has 1 aliphatic rings. The Labute approximate surface area is 185 Å². The van der Waals surface area contributed by atoms with E-state index in [-0.39, 0.29) is 4.90 Å². The molecule has 31 heavy (non-hydrogen) atoms. The number of ether oxygens (including phenoxy) is 1. The summed E-state index contributed by atoms with van der Waals surface area (Å²) in [6.45, 7) is 7.81. The average molecular weight is 445 g/mol. The fraction of sp³-hybridized carbons (Fsp3) is 0.435. The first kappa shape index (κ1) is 22.9. The molecular formula is C23H32N4O3S. The summed E-state index contributed by atoms with van der Waals surface area (Å²) in [5, 5.41) is 6.82. The van der Waals surface area contributed by atoms with Crippen LogP contribution in [0.5, 0.6) is 5.75 Å². The van der Waals surface area contributed by atoms with E-state index in [4.69, 9.17) is 4.74 Å². The van der Waals surface area contributed by atoms with Crippen LogP contribution in [0.1, 0.15) is 18.9 Å². The minimum absolute atomic E-state index is 0.285. The van der Waals surface area contributed by atoms with Gasteiger partial charge in [-0.2, -0.15) is 0 Å².